The van der Waals surface area contributed by atoms with Crippen LogP contribution in [0.25, 0.3) is 0 Å². The minimum absolute atomic E-state index is 0.0972. The number of hydrogen-bond acceptors (Lipinski definition) is 7. The lowest BCUT2D eigenvalue weighted by atomic mass is 10.2. The third-order valence-corrected chi connectivity index (χ3v) is 10.7. The number of aliphatic hydroxyl groups is 1. The maximum absolute atomic E-state index is 10.6. The lowest BCUT2D eigenvalue weighted by Crippen LogP contribution is -2.43. The smallest absolute Gasteiger partial charge is 0.227 e. The molecule has 2 N–H and O–H groups in total. The number of rotatable bonds is 5. The third kappa shape index (κ3) is 4.88. The fourth-order valence-electron chi connectivity index (χ4n) is 2.97. The van der Waals surface area contributed by atoms with E-state index in [0.29, 0.717) is 30.5 Å². The third-order valence-electron chi connectivity index (χ3n) is 5.84. The van der Waals surface area contributed by atoms with E-state index in [9.17, 15) is 5.11 Å². The molecular formula is C19H33ClN6O3Si. The van der Waals surface area contributed by atoms with Crippen LogP contribution in [-0.2, 0) is 9.16 Å². The first-order valence-electron chi connectivity index (χ1n) is 10.1. The number of nitrogens with one attached hydrogen (secondary N) is 1. The summed E-state index contributed by atoms with van der Waals surface area (Å²) < 4.78 is 14.2. The van der Waals surface area contributed by atoms with Crippen LogP contribution < -0.4 is 5.32 Å². The zero-order valence-electron chi connectivity index (χ0n) is 18.8. The zero-order chi connectivity index (χ0) is 22.3. The van der Waals surface area contributed by atoms with E-state index in [4.69, 9.17) is 20.8 Å². The van der Waals surface area contributed by atoms with Gasteiger partial charge in [0.1, 0.15) is 18.0 Å². The number of alkyl halides is 1. The molecule has 4 unspecified atom stereocenters. The molecule has 0 aliphatic carbocycles. The normalized spacial score (nSPS) is 27.2. The van der Waals surface area contributed by atoms with Gasteiger partial charge in [-0.3, -0.25) is 4.57 Å². The standard InChI is InChI=1S/C19H33ClN6O3Si/c1-19(2,3)30(6,7)28-9-13-12(27)8-14(29-13)26-11-21-15-16(20)23-18(24-17(15)26)22-10-25(4)5/h10-14,16,27H,8-9H2,1-7H3,(H,23,24)/b22-10+. The van der Waals surface area contributed by atoms with Gasteiger partial charge in [0.2, 0.25) is 5.96 Å². The highest BCUT2D eigenvalue weighted by atomic mass is 35.5. The Bertz CT molecular complexity index is 820. The summed E-state index contributed by atoms with van der Waals surface area (Å²) in [5.41, 5.74) is 0.0663. The summed E-state index contributed by atoms with van der Waals surface area (Å²) in [4.78, 5) is 15.1. The van der Waals surface area contributed by atoms with E-state index < -0.39 is 32.3 Å². The van der Waals surface area contributed by atoms with Crippen LogP contribution in [-0.4, -0.2) is 73.1 Å². The van der Waals surface area contributed by atoms with Gasteiger partial charge < -0.3 is 24.5 Å². The van der Waals surface area contributed by atoms with E-state index in [1.165, 1.54) is 0 Å². The van der Waals surface area contributed by atoms with Gasteiger partial charge in [0.15, 0.2) is 19.6 Å². The number of halogens is 1. The molecule has 168 valence electrons. The summed E-state index contributed by atoms with van der Waals surface area (Å²) in [5, 5.41) is 13.7. The second-order valence-corrected chi connectivity index (χ2v) is 14.8. The van der Waals surface area contributed by atoms with Crippen molar-refractivity contribution in [1.29, 1.82) is 0 Å². The molecule has 30 heavy (non-hydrogen) atoms. The average Bonchev–Trinajstić information content (AvgIpc) is 3.21. The Kier molecular flexibility index (Phi) is 6.64. The molecule has 1 aromatic rings. The summed E-state index contributed by atoms with van der Waals surface area (Å²) >= 11 is 6.42. The van der Waals surface area contributed by atoms with Gasteiger partial charge in [-0.05, 0) is 18.1 Å². The van der Waals surface area contributed by atoms with Crippen molar-refractivity contribution >= 4 is 38.0 Å². The van der Waals surface area contributed by atoms with Crippen LogP contribution in [0.1, 0.15) is 44.6 Å². The summed E-state index contributed by atoms with van der Waals surface area (Å²) in [6, 6.07) is 0. The van der Waals surface area contributed by atoms with Crippen LogP contribution in [0.15, 0.2) is 16.3 Å². The number of aliphatic imine (C=N–C) groups is 2. The summed E-state index contributed by atoms with van der Waals surface area (Å²) in [6.07, 6.45) is 2.31. The van der Waals surface area contributed by atoms with E-state index in [0.717, 1.165) is 0 Å². The predicted octanol–water partition coefficient (Wildman–Crippen LogP) is 2.97. The van der Waals surface area contributed by atoms with Crippen molar-refractivity contribution in [3.63, 3.8) is 0 Å². The van der Waals surface area contributed by atoms with Crippen LogP contribution >= 0.6 is 11.6 Å². The number of nitrogens with zero attached hydrogens (tertiary/aromatic N) is 5. The molecule has 0 amide bonds. The molecule has 0 saturated carbocycles. The Balaban J connectivity index is 1.75. The number of imidazole rings is 1. The van der Waals surface area contributed by atoms with Crippen LogP contribution in [0.2, 0.25) is 18.1 Å². The SMILES string of the molecule is CN(C)/C=N/C1=Nc2c(ncn2C2CC(O)C(CO[Si](C)(C)C(C)(C)C)O2)C(Cl)N1. The van der Waals surface area contributed by atoms with Gasteiger partial charge in [-0.1, -0.05) is 32.4 Å². The number of guanidine groups is 1. The average molecular weight is 457 g/mol. The summed E-state index contributed by atoms with van der Waals surface area (Å²) in [5.74, 6) is 0.983. The highest BCUT2D eigenvalue weighted by molar-refractivity contribution is 6.74. The maximum atomic E-state index is 10.6. The number of hydrogen-bond donors (Lipinski definition) is 2. The van der Waals surface area contributed by atoms with Crippen molar-refractivity contribution < 1.29 is 14.3 Å². The van der Waals surface area contributed by atoms with Gasteiger partial charge >= 0.3 is 0 Å². The van der Waals surface area contributed by atoms with Gasteiger partial charge in [0.05, 0.1) is 25.4 Å². The Labute approximate surface area is 184 Å². The maximum Gasteiger partial charge on any atom is 0.227 e. The molecule has 3 heterocycles. The number of fused-ring (bicyclic) bond motifs is 1. The van der Waals surface area contributed by atoms with E-state index in [2.05, 4.69) is 54.2 Å². The molecule has 3 rings (SSSR count). The van der Waals surface area contributed by atoms with Crippen molar-refractivity contribution in [2.24, 2.45) is 9.98 Å². The molecule has 0 aromatic carbocycles. The minimum atomic E-state index is -1.93. The fraction of sp³-hybridized carbons (Fsp3) is 0.737. The monoisotopic (exact) mass is 456 g/mol. The molecule has 1 fully saturated rings. The molecule has 11 heteroatoms. The summed E-state index contributed by atoms with van der Waals surface area (Å²) in [6.45, 7) is 11.3. The largest absolute Gasteiger partial charge is 0.414 e. The minimum Gasteiger partial charge on any atom is -0.414 e. The highest BCUT2D eigenvalue weighted by Gasteiger charge is 2.41. The topological polar surface area (TPSA) is 96.5 Å². The van der Waals surface area contributed by atoms with Gasteiger partial charge in [-0.25, -0.2) is 9.98 Å². The molecule has 9 nitrogen and oxygen atoms in total. The lowest BCUT2D eigenvalue weighted by Gasteiger charge is -2.37. The Hall–Kier alpha value is -1.46. The molecule has 4 atom stereocenters. The van der Waals surface area contributed by atoms with Gasteiger partial charge in [0, 0.05) is 20.5 Å². The summed E-state index contributed by atoms with van der Waals surface area (Å²) in [7, 11) is 1.82. The molecule has 2 aliphatic rings. The molecule has 1 aromatic heterocycles. The molecule has 0 spiro atoms. The van der Waals surface area contributed by atoms with E-state index in [1.54, 1.807) is 12.7 Å². The first-order chi connectivity index (χ1) is 13.9. The number of aliphatic hydroxyl groups excluding tert-OH is 1. The second-order valence-electron chi connectivity index (χ2n) is 9.51. The molecule has 0 bridgehead atoms. The molecule has 1 saturated heterocycles. The highest BCUT2D eigenvalue weighted by Crippen LogP contribution is 2.40. The van der Waals surface area contributed by atoms with E-state index >= 15 is 0 Å². The van der Waals surface area contributed by atoms with Gasteiger partial charge in [0.25, 0.3) is 0 Å². The zero-order valence-corrected chi connectivity index (χ0v) is 20.5. The van der Waals surface area contributed by atoms with Crippen molar-refractivity contribution in [2.45, 2.75) is 69.3 Å². The van der Waals surface area contributed by atoms with E-state index in [-0.39, 0.29) is 5.04 Å². The number of ether oxygens (including phenoxy) is 1. The van der Waals surface area contributed by atoms with Crippen LogP contribution in [0.3, 0.4) is 0 Å². The Morgan fingerprint density at radius 3 is 2.80 bits per heavy atom. The quantitative estimate of drug-likeness (QED) is 0.232. The second kappa shape index (κ2) is 8.58. The van der Waals surface area contributed by atoms with Crippen molar-refractivity contribution in [1.82, 2.24) is 19.8 Å². The van der Waals surface area contributed by atoms with Crippen LogP contribution in [0.5, 0.6) is 0 Å². The molecular weight excluding hydrogens is 424 g/mol. The van der Waals surface area contributed by atoms with Crippen molar-refractivity contribution in [2.75, 3.05) is 20.7 Å². The molecule has 0 radical (unpaired) electrons. The van der Waals surface area contributed by atoms with E-state index in [1.807, 2.05) is 23.6 Å². The van der Waals surface area contributed by atoms with Gasteiger partial charge in [-0.2, -0.15) is 4.99 Å². The lowest BCUT2D eigenvalue weighted by molar-refractivity contribution is -0.0411. The molecule has 2 aliphatic heterocycles. The first-order valence-corrected chi connectivity index (χ1v) is 13.5. The van der Waals surface area contributed by atoms with Crippen LogP contribution in [0.4, 0.5) is 5.82 Å². The van der Waals surface area contributed by atoms with Crippen molar-refractivity contribution in [3.05, 3.63) is 12.0 Å². The van der Waals surface area contributed by atoms with Gasteiger partial charge in [-0.15, -0.1) is 0 Å². The fourth-order valence-corrected chi connectivity index (χ4v) is 4.23. The number of aromatic nitrogens is 2. The van der Waals surface area contributed by atoms with Crippen molar-refractivity contribution in [3.8, 4) is 0 Å². The Morgan fingerprint density at radius 2 is 2.17 bits per heavy atom. The first kappa shape index (κ1) is 23.2. The van der Waals surface area contributed by atoms with Crippen LogP contribution in [0, 0.1) is 0 Å². The Morgan fingerprint density at radius 1 is 1.47 bits per heavy atom. The predicted molar refractivity (Wildman–Crippen MR) is 121 cm³/mol.